The van der Waals surface area contributed by atoms with Gasteiger partial charge < -0.3 is 0 Å². The first-order valence-corrected chi connectivity index (χ1v) is 11.8. The number of benzene rings is 2. The van der Waals surface area contributed by atoms with E-state index in [1.165, 1.54) is 8.61 Å². The fourth-order valence-corrected chi connectivity index (χ4v) is 6.30. The lowest BCUT2D eigenvalue weighted by atomic mass is 10.2. The molecule has 1 fully saturated rings. The zero-order valence-corrected chi connectivity index (χ0v) is 17.8. The van der Waals surface area contributed by atoms with E-state index in [4.69, 9.17) is 0 Å². The molecule has 1 unspecified atom stereocenters. The molecule has 28 heavy (non-hydrogen) atoms. The molecule has 150 valence electrons. The summed E-state index contributed by atoms with van der Waals surface area (Å²) in [5.74, 6) is 0. The van der Waals surface area contributed by atoms with Gasteiger partial charge in [0.05, 0.1) is 22.9 Å². The van der Waals surface area contributed by atoms with Crippen LogP contribution in [0.2, 0.25) is 0 Å². The number of nitrogens with zero attached hydrogens (tertiary/aromatic N) is 2. The van der Waals surface area contributed by atoms with E-state index in [0.29, 0.717) is 0 Å². The summed E-state index contributed by atoms with van der Waals surface area (Å²) in [4.78, 5) is 0.355. The maximum atomic E-state index is 13.0. The van der Waals surface area contributed by atoms with Crippen molar-refractivity contribution in [3.63, 3.8) is 0 Å². The maximum absolute atomic E-state index is 13.0. The molecule has 8 heteroatoms. The Morgan fingerprint density at radius 2 is 1.25 bits per heavy atom. The van der Waals surface area contributed by atoms with E-state index >= 15 is 0 Å². The molecule has 0 N–H and O–H groups in total. The van der Waals surface area contributed by atoms with E-state index in [1.54, 1.807) is 55.5 Å². The van der Waals surface area contributed by atoms with Crippen molar-refractivity contribution < 1.29 is 16.8 Å². The molecule has 0 saturated carbocycles. The Balaban J connectivity index is 1.89. The van der Waals surface area contributed by atoms with Crippen molar-refractivity contribution in [1.82, 2.24) is 8.61 Å². The Labute approximate surface area is 167 Å². The van der Waals surface area contributed by atoms with Crippen LogP contribution in [-0.2, 0) is 20.0 Å². The standard InChI is InChI=1S/C20H24N2O4S2/c1-15-5-9-19(10-6-15)27(23,24)21-13-18(4)22(14-17(21)3)28(25,26)20-11-7-16(2)8-12-20/h5-12,18H,3,13-14H2,1-2,4H3. The summed E-state index contributed by atoms with van der Waals surface area (Å²) >= 11 is 0. The molecule has 1 aliphatic rings. The van der Waals surface area contributed by atoms with Crippen LogP contribution in [0, 0.1) is 13.8 Å². The zero-order chi connectivity index (χ0) is 20.7. The minimum atomic E-state index is -3.79. The highest BCUT2D eigenvalue weighted by atomic mass is 32.2. The van der Waals surface area contributed by atoms with Gasteiger partial charge in [0.2, 0.25) is 10.0 Å². The van der Waals surface area contributed by atoms with Crippen LogP contribution in [0.15, 0.2) is 70.6 Å². The van der Waals surface area contributed by atoms with Crippen molar-refractivity contribution in [3.05, 3.63) is 71.9 Å². The first-order chi connectivity index (χ1) is 13.0. The number of hydrogen-bond acceptors (Lipinski definition) is 4. The number of sulfonamides is 2. The summed E-state index contributed by atoms with van der Waals surface area (Å²) in [6.45, 7) is 9.25. The van der Waals surface area contributed by atoms with Crippen molar-refractivity contribution in [1.29, 1.82) is 0 Å². The van der Waals surface area contributed by atoms with Crippen molar-refractivity contribution >= 4 is 20.0 Å². The molecule has 6 nitrogen and oxygen atoms in total. The Kier molecular flexibility index (Phi) is 5.40. The lowest BCUT2D eigenvalue weighted by molar-refractivity contribution is 0.253. The Hall–Kier alpha value is -2.16. The third kappa shape index (κ3) is 3.72. The van der Waals surface area contributed by atoms with Gasteiger partial charge in [0.15, 0.2) is 0 Å². The quantitative estimate of drug-likeness (QED) is 0.762. The fraction of sp³-hybridized carbons (Fsp3) is 0.300. The molecule has 0 aromatic heterocycles. The van der Waals surface area contributed by atoms with Crippen LogP contribution in [0.25, 0.3) is 0 Å². The van der Waals surface area contributed by atoms with Gasteiger partial charge in [0, 0.05) is 11.7 Å². The summed E-state index contributed by atoms with van der Waals surface area (Å²) < 4.78 is 54.6. The topological polar surface area (TPSA) is 74.8 Å². The second kappa shape index (κ2) is 7.35. The van der Waals surface area contributed by atoms with Crippen LogP contribution >= 0.6 is 0 Å². The van der Waals surface area contributed by atoms with E-state index in [0.717, 1.165) is 11.1 Å². The van der Waals surface area contributed by atoms with Gasteiger partial charge in [-0.1, -0.05) is 42.0 Å². The SMILES string of the molecule is C=C1CN(S(=O)(=O)c2ccc(C)cc2)C(C)CN1S(=O)(=O)c1ccc(C)cc1. The molecule has 1 aliphatic heterocycles. The second-order valence-corrected chi connectivity index (χ2v) is 10.9. The highest BCUT2D eigenvalue weighted by molar-refractivity contribution is 7.89. The van der Waals surface area contributed by atoms with Crippen LogP contribution in [0.1, 0.15) is 18.1 Å². The van der Waals surface area contributed by atoms with Crippen LogP contribution < -0.4 is 0 Å². The normalized spacial score (nSPS) is 19.0. The molecule has 0 amide bonds. The van der Waals surface area contributed by atoms with Gasteiger partial charge in [0.1, 0.15) is 0 Å². The van der Waals surface area contributed by atoms with Crippen molar-refractivity contribution in [2.24, 2.45) is 0 Å². The predicted molar refractivity (Wildman–Crippen MR) is 109 cm³/mol. The molecule has 0 aliphatic carbocycles. The van der Waals surface area contributed by atoms with E-state index < -0.39 is 26.1 Å². The van der Waals surface area contributed by atoms with E-state index in [9.17, 15) is 16.8 Å². The summed E-state index contributed by atoms with van der Waals surface area (Å²) in [7, 11) is -7.54. The van der Waals surface area contributed by atoms with E-state index in [2.05, 4.69) is 6.58 Å². The van der Waals surface area contributed by atoms with Crippen LogP contribution in [-0.4, -0.2) is 44.6 Å². The highest BCUT2D eigenvalue weighted by Crippen LogP contribution is 2.29. The Bertz CT molecular complexity index is 1090. The fourth-order valence-electron chi connectivity index (χ4n) is 3.15. The summed E-state index contributed by atoms with van der Waals surface area (Å²) in [5, 5.41) is 0. The van der Waals surface area contributed by atoms with Gasteiger partial charge in [-0.15, -0.1) is 0 Å². The first-order valence-electron chi connectivity index (χ1n) is 8.89. The van der Waals surface area contributed by atoms with E-state index in [-0.39, 0.29) is 28.6 Å². The Morgan fingerprint density at radius 3 is 1.71 bits per heavy atom. The van der Waals surface area contributed by atoms with Gasteiger partial charge in [-0.2, -0.15) is 4.31 Å². The number of piperazine rings is 1. The molecular formula is C20H24N2O4S2. The molecule has 2 aromatic rings. The molecule has 0 spiro atoms. The first kappa shape index (κ1) is 20.6. The number of rotatable bonds is 4. The predicted octanol–water partition coefficient (Wildman–Crippen LogP) is 2.90. The largest absolute Gasteiger partial charge is 0.268 e. The average Bonchev–Trinajstić information content (AvgIpc) is 2.63. The van der Waals surface area contributed by atoms with Gasteiger partial charge in [-0.3, -0.25) is 4.31 Å². The van der Waals surface area contributed by atoms with Crippen molar-refractivity contribution in [2.45, 2.75) is 36.6 Å². The van der Waals surface area contributed by atoms with Crippen LogP contribution in [0.5, 0.6) is 0 Å². The third-order valence-corrected chi connectivity index (χ3v) is 8.68. The molecule has 1 heterocycles. The van der Waals surface area contributed by atoms with Crippen LogP contribution in [0.4, 0.5) is 0 Å². The third-order valence-electron chi connectivity index (χ3n) is 4.85. The van der Waals surface area contributed by atoms with Crippen molar-refractivity contribution in [3.8, 4) is 0 Å². The van der Waals surface area contributed by atoms with Gasteiger partial charge >= 0.3 is 0 Å². The second-order valence-electron chi connectivity index (χ2n) is 7.13. The Morgan fingerprint density at radius 1 is 0.821 bits per heavy atom. The molecule has 1 atom stereocenters. The van der Waals surface area contributed by atoms with E-state index in [1.807, 2.05) is 13.8 Å². The summed E-state index contributed by atoms with van der Waals surface area (Å²) in [5.41, 5.74) is 2.15. The van der Waals surface area contributed by atoms with Gasteiger partial charge in [-0.05, 0) is 45.0 Å². The van der Waals surface area contributed by atoms with Crippen LogP contribution in [0.3, 0.4) is 0 Å². The smallest absolute Gasteiger partial charge is 0.264 e. The lowest BCUT2D eigenvalue weighted by Gasteiger charge is -2.40. The summed E-state index contributed by atoms with van der Waals surface area (Å²) in [6, 6.07) is 12.7. The lowest BCUT2D eigenvalue weighted by Crippen LogP contribution is -2.53. The highest BCUT2D eigenvalue weighted by Gasteiger charge is 2.39. The molecule has 2 aromatic carbocycles. The molecule has 3 rings (SSSR count). The number of aryl methyl sites for hydroxylation is 2. The van der Waals surface area contributed by atoms with Gasteiger partial charge in [-0.25, -0.2) is 16.8 Å². The monoisotopic (exact) mass is 420 g/mol. The molecule has 0 bridgehead atoms. The maximum Gasteiger partial charge on any atom is 0.264 e. The number of hydrogen-bond donors (Lipinski definition) is 0. The molecular weight excluding hydrogens is 396 g/mol. The minimum Gasteiger partial charge on any atom is -0.268 e. The van der Waals surface area contributed by atoms with Gasteiger partial charge in [0.25, 0.3) is 10.0 Å². The van der Waals surface area contributed by atoms with Crippen molar-refractivity contribution in [2.75, 3.05) is 13.1 Å². The average molecular weight is 421 g/mol. The zero-order valence-electron chi connectivity index (χ0n) is 16.2. The summed E-state index contributed by atoms with van der Waals surface area (Å²) in [6.07, 6.45) is 0. The minimum absolute atomic E-state index is 0.0140. The molecule has 0 radical (unpaired) electrons. The molecule has 1 saturated heterocycles.